The predicted octanol–water partition coefficient (Wildman–Crippen LogP) is 2.57. The Bertz CT molecular complexity index is 509. The Morgan fingerprint density at radius 2 is 2.19 bits per heavy atom. The van der Waals surface area contributed by atoms with E-state index in [1.54, 1.807) is 6.07 Å². The second-order valence-electron chi connectivity index (χ2n) is 3.96. The minimum atomic E-state index is -0.254. The first-order chi connectivity index (χ1) is 7.72. The van der Waals surface area contributed by atoms with Gasteiger partial charge in [0.25, 0.3) is 0 Å². The average molecular weight is 218 g/mol. The molecule has 84 valence electrons. The van der Waals surface area contributed by atoms with Crippen molar-refractivity contribution in [2.24, 2.45) is 5.73 Å². The summed E-state index contributed by atoms with van der Waals surface area (Å²) in [6.45, 7) is 2.62. The van der Waals surface area contributed by atoms with Crippen LogP contribution in [0.1, 0.15) is 17.7 Å². The van der Waals surface area contributed by atoms with E-state index in [9.17, 15) is 4.39 Å². The van der Waals surface area contributed by atoms with E-state index in [0.717, 1.165) is 29.5 Å². The lowest BCUT2D eigenvalue weighted by molar-refractivity contribution is 0.636. The van der Waals surface area contributed by atoms with Crippen LogP contribution in [0.25, 0.3) is 10.9 Å². The van der Waals surface area contributed by atoms with Crippen molar-refractivity contribution in [3.05, 3.63) is 41.3 Å². The second kappa shape index (κ2) is 4.58. The van der Waals surface area contributed by atoms with E-state index in [-0.39, 0.29) is 5.82 Å². The van der Waals surface area contributed by atoms with Crippen LogP contribution in [-0.2, 0) is 6.42 Å². The van der Waals surface area contributed by atoms with Crippen molar-refractivity contribution in [3.63, 3.8) is 0 Å². The molecule has 0 unspecified atom stereocenters. The molecule has 1 heterocycles. The van der Waals surface area contributed by atoms with Gasteiger partial charge < -0.3 is 5.73 Å². The molecule has 0 aliphatic heterocycles. The molecule has 16 heavy (non-hydrogen) atoms. The highest BCUT2D eigenvalue weighted by Crippen LogP contribution is 2.20. The molecule has 0 saturated heterocycles. The van der Waals surface area contributed by atoms with Crippen LogP contribution < -0.4 is 5.73 Å². The molecule has 2 aromatic rings. The number of para-hydroxylation sites is 1. The first-order valence-corrected chi connectivity index (χ1v) is 5.47. The topological polar surface area (TPSA) is 38.9 Å². The van der Waals surface area contributed by atoms with E-state index in [4.69, 9.17) is 5.73 Å². The molecule has 0 amide bonds. The molecule has 3 heteroatoms. The van der Waals surface area contributed by atoms with E-state index in [0.29, 0.717) is 12.1 Å². The smallest absolute Gasteiger partial charge is 0.149 e. The largest absolute Gasteiger partial charge is 0.330 e. The monoisotopic (exact) mass is 218 g/mol. The third-order valence-electron chi connectivity index (χ3n) is 2.69. The van der Waals surface area contributed by atoms with Crippen molar-refractivity contribution < 1.29 is 4.39 Å². The van der Waals surface area contributed by atoms with Crippen LogP contribution in [0.2, 0.25) is 0 Å². The molecule has 0 aliphatic carbocycles. The van der Waals surface area contributed by atoms with Crippen molar-refractivity contribution in [2.75, 3.05) is 6.54 Å². The summed E-state index contributed by atoms with van der Waals surface area (Å²) in [4.78, 5) is 4.34. The van der Waals surface area contributed by atoms with E-state index in [2.05, 4.69) is 4.98 Å². The maximum Gasteiger partial charge on any atom is 0.149 e. The summed E-state index contributed by atoms with van der Waals surface area (Å²) in [6, 6.07) is 7.07. The van der Waals surface area contributed by atoms with Gasteiger partial charge in [-0.05, 0) is 44.0 Å². The molecule has 2 rings (SSSR count). The molecule has 0 bridgehead atoms. The fraction of sp³-hybridized carbons (Fsp3) is 0.308. The molecule has 0 fully saturated rings. The van der Waals surface area contributed by atoms with Crippen LogP contribution in [-0.4, -0.2) is 11.5 Å². The van der Waals surface area contributed by atoms with E-state index >= 15 is 0 Å². The lowest BCUT2D eigenvalue weighted by Crippen LogP contribution is -2.02. The van der Waals surface area contributed by atoms with Gasteiger partial charge in [-0.3, -0.25) is 0 Å². The third kappa shape index (κ3) is 2.04. The maximum atomic E-state index is 13.6. The van der Waals surface area contributed by atoms with Gasteiger partial charge in [0.15, 0.2) is 0 Å². The van der Waals surface area contributed by atoms with E-state index in [1.807, 2.05) is 19.1 Å². The Morgan fingerprint density at radius 3 is 2.94 bits per heavy atom. The second-order valence-corrected chi connectivity index (χ2v) is 3.96. The Kier molecular flexibility index (Phi) is 3.15. The van der Waals surface area contributed by atoms with Crippen LogP contribution in [0, 0.1) is 12.7 Å². The van der Waals surface area contributed by atoms with Crippen molar-refractivity contribution >= 4 is 10.9 Å². The summed E-state index contributed by atoms with van der Waals surface area (Å²) in [5.74, 6) is -0.254. The summed E-state index contributed by atoms with van der Waals surface area (Å²) in [7, 11) is 0. The number of aromatic nitrogens is 1. The molecule has 2 nitrogen and oxygen atoms in total. The summed E-state index contributed by atoms with van der Waals surface area (Å²) >= 11 is 0. The summed E-state index contributed by atoms with van der Waals surface area (Å²) in [5, 5.41) is 0.886. The lowest BCUT2D eigenvalue weighted by Gasteiger charge is -2.06. The molecule has 2 N–H and O–H groups in total. The summed E-state index contributed by atoms with van der Waals surface area (Å²) in [5.41, 5.74) is 7.91. The van der Waals surface area contributed by atoms with Gasteiger partial charge in [-0.25, -0.2) is 9.37 Å². The molecular formula is C13H15FN2. The number of fused-ring (bicyclic) bond motifs is 1. The number of nitrogens with zero attached hydrogens (tertiary/aromatic N) is 1. The van der Waals surface area contributed by atoms with Crippen LogP contribution in [0.4, 0.5) is 4.39 Å². The van der Waals surface area contributed by atoms with Crippen LogP contribution in [0.5, 0.6) is 0 Å². The molecule has 1 aromatic heterocycles. The molecule has 0 radical (unpaired) electrons. The number of hydrogen-bond acceptors (Lipinski definition) is 2. The quantitative estimate of drug-likeness (QED) is 0.860. The van der Waals surface area contributed by atoms with Crippen LogP contribution in [0.15, 0.2) is 24.3 Å². The minimum absolute atomic E-state index is 0.254. The van der Waals surface area contributed by atoms with Gasteiger partial charge in [0.1, 0.15) is 11.3 Å². The van der Waals surface area contributed by atoms with Gasteiger partial charge in [0.05, 0.1) is 0 Å². The highest BCUT2D eigenvalue weighted by Gasteiger charge is 2.06. The van der Waals surface area contributed by atoms with Gasteiger partial charge in [-0.15, -0.1) is 0 Å². The Morgan fingerprint density at radius 1 is 1.38 bits per heavy atom. The van der Waals surface area contributed by atoms with Crippen molar-refractivity contribution in [3.8, 4) is 0 Å². The van der Waals surface area contributed by atoms with Crippen molar-refractivity contribution in [1.29, 1.82) is 0 Å². The zero-order valence-corrected chi connectivity index (χ0v) is 9.33. The molecule has 0 spiro atoms. The summed E-state index contributed by atoms with van der Waals surface area (Å²) in [6.07, 6.45) is 1.69. The van der Waals surface area contributed by atoms with E-state index < -0.39 is 0 Å². The van der Waals surface area contributed by atoms with Crippen LogP contribution in [0.3, 0.4) is 0 Å². The van der Waals surface area contributed by atoms with Crippen molar-refractivity contribution in [1.82, 2.24) is 4.98 Å². The fourth-order valence-corrected chi connectivity index (χ4v) is 1.86. The normalized spacial score (nSPS) is 10.9. The average Bonchev–Trinajstić information content (AvgIpc) is 2.28. The Hall–Kier alpha value is -1.48. The lowest BCUT2D eigenvalue weighted by atomic mass is 10.1. The molecule has 0 aliphatic rings. The first kappa shape index (κ1) is 11.0. The third-order valence-corrected chi connectivity index (χ3v) is 2.69. The van der Waals surface area contributed by atoms with Gasteiger partial charge in [-0.2, -0.15) is 0 Å². The van der Waals surface area contributed by atoms with Gasteiger partial charge in [0.2, 0.25) is 0 Å². The Labute approximate surface area is 94.3 Å². The van der Waals surface area contributed by atoms with Crippen molar-refractivity contribution in [2.45, 2.75) is 19.8 Å². The zero-order chi connectivity index (χ0) is 11.5. The predicted molar refractivity (Wildman–Crippen MR) is 63.8 cm³/mol. The Balaban J connectivity index is 2.52. The van der Waals surface area contributed by atoms with Crippen LogP contribution >= 0.6 is 0 Å². The molecule has 1 aromatic carbocycles. The van der Waals surface area contributed by atoms with Gasteiger partial charge in [-0.1, -0.05) is 12.1 Å². The first-order valence-electron chi connectivity index (χ1n) is 5.47. The highest BCUT2D eigenvalue weighted by atomic mass is 19.1. The number of hydrogen-bond donors (Lipinski definition) is 1. The number of pyridine rings is 1. The number of halogens is 1. The highest BCUT2D eigenvalue weighted by molar-refractivity contribution is 5.82. The molecular weight excluding hydrogens is 203 g/mol. The fourth-order valence-electron chi connectivity index (χ4n) is 1.86. The number of nitrogens with two attached hydrogens (primary N) is 1. The van der Waals surface area contributed by atoms with E-state index in [1.165, 1.54) is 6.07 Å². The van der Waals surface area contributed by atoms with Gasteiger partial charge >= 0.3 is 0 Å². The summed E-state index contributed by atoms with van der Waals surface area (Å²) < 4.78 is 13.6. The SMILES string of the molecule is Cc1cc(CCCN)nc2c(F)cccc12. The minimum Gasteiger partial charge on any atom is -0.330 e. The molecule has 0 atom stereocenters. The van der Waals surface area contributed by atoms with Gasteiger partial charge in [0, 0.05) is 11.1 Å². The maximum absolute atomic E-state index is 13.6. The molecule has 0 saturated carbocycles. The number of benzene rings is 1. The number of rotatable bonds is 3. The standard InChI is InChI=1S/C13H15FN2/c1-9-8-10(4-3-7-15)16-13-11(9)5-2-6-12(13)14/h2,5-6,8H,3-4,7,15H2,1H3. The zero-order valence-electron chi connectivity index (χ0n) is 9.33. The number of aryl methyl sites for hydroxylation is 2.